The Kier molecular flexibility index (Phi) is 23.2. The molecule has 49 heavy (non-hydrogen) atoms. The van der Waals surface area contributed by atoms with Gasteiger partial charge in [0.2, 0.25) is 5.82 Å². The van der Waals surface area contributed by atoms with Gasteiger partial charge in [0.1, 0.15) is 18.3 Å². The number of hydrogen-bond donors (Lipinski definition) is 4. The van der Waals surface area contributed by atoms with Crippen LogP contribution in [0, 0.1) is 5.82 Å². The summed E-state index contributed by atoms with van der Waals surface area (Å²) in [5.74, 6) is 0.264. The second kappa shape index (κ2) is 25.8. The molecule has 0 aromatic carbocycles. The lowest BCUT2D eigenvalue weighted by Crippen LogP contribution is -2.38. The predicted octanol–water partition coefficient (Wildman–Crippen LogP) is 6.61. The van der Waals surface area contributed by atoms with Crippen LogP contribution in [0.1, 0.15) is 136 Å². The molecule has 1 aromatic heterocycles. The number of nitrogens with one attached hydrogen (secondary N) is 1. The Morgan fingerprint density at radius 2 is 1.43 bits per heavy atom. The van der Waals surface area contributed by atoms with Gasteiger partial charge in [0, 0.05) is 12.4 Å². The van der Waals surface area contributed by atoms with Gasteiger partial charge in [-0.3, -0.25) is 23.4 Å². The van der Waals surface area contributed by atoms with E-state index in [0.29, 0.717) is 23.1 Å². The van der Waals surface area contributed by atoms with Gasteiger partial charge >= 0.3 is 13.5 Å². The molecule has 0 saturated carbocycles. The van der Waals surface area contributed by atoms with E-state index in [0.717, 1.165) is 31.4 Å². The first-order valence-corrected chi connectivity index (χ1v) is 21.1. The minimum absolute atomic E-state index is 0.179. The number of aliphatic hydroxyl groups is 2. The Labute approximate surface area is 295 Å². The van der Waals surface area contributed by atoms with Crippen molar-refractivity contribution in [3.63, 3.8) is 0 Å². The molecule has 0 aliphatic carbocycles. The normalized spacial score (nSPS) is 21.3. The number of unbranched alkanes of at least 4 members (excludes halogenated alkanes) is 16. The summed E-state index contributed by atoms with van der Waals surface area (Å²) < 4.78 is 48.9. The van der Waals surface area contributed by atoms with Crippen molar-refractivity contribution in [3.8, 4) is 0 Å². The number of H-pyrrole nitrogens is 1. The molecule has 286 valence electrons. The van der Waals surface area contributed by atoms with E-state index in [-0.39, 0.29) is 6.61 Å². The lowest BCUT2D eigenvalue weighted by Gasteiger charge is -2.21. The van der Waals surface area contributed by atoms with Crippen LogP contribution in [0.15, 0.2) is 15.8 Å². The number of phosphoric ester groups is 1. The van der Waals surface area contributed by atoms with Crippen molar-refractivity contribution in [1.82, 2.24) is 9.55 Å². The Balaban J connectivity index is 1.78. The maximum absolute atomic E-state index is 13.8. The molecule has 1 aliphatic rings. The number of nitrogens with zero attached hydrogens (tertiary/aromatic N) is 1. The number of aliphatic hydroxyl groups excluding tert-OH is 2. The van der Waals surface area contributed by atoms with E-state index >= 15 is 0 Å². The average molecular weight is 741 g/mol. The zero-order valence-corrected chi connectivity index (χ0v) is 31.3. The maximum atomic E-state index is 13.8. The third kappa shape index (κ3) is 18.3. The van der Waals surface area contributed by atoms with Gasteiger partial charge in [0.05, 0.1) is 25.5 Å². The largest absolute Gasteiger partial charge is 0.472 e. The summed E-state index contributed by atoms with van der Waals surface area (Å²) in [4.78, 5) is 35.6. The summed E-state index contributed by atoms with van der Waals surface area (Å²) >= 11 is 1.73. The number of aromatic amines is 1. The molecule has 1 saturated heterocycles. The van der Waals surface area contributed by atoms with Crippen molar-refractivity contribution in [2.24, 2.45) is 0 Å². The Morgan fingerprint density at radius 3 is 2.02 bits per heavy atom. The highest BCUT2D eigenvalue weighted by Crippen LogP contribution is 2.44. The first-order valence-electron chi connectivity index (χ1n) is 18.4. The van der Waals surface area contributed by atoms with E-state index in [4.69, 9.17) is 18.5 Å². The van der Waals surface area contributed by atoms with Gasteiger partial charge in [-0.1, -0.05) is 117 Å². The van der Waals surface area contributed by atoms with Crippen LogP contribution in [-0.4, -0.2) is 80.4 Å². The van der Waals surface area contributed by atoms with Crippen molar-refractivity contribution < 1.29 is 42.6 Å². The molecule has 2 heterocycles. The number of phosphoric acid groups is 1. The molecule has 4 N–H and O–H groups in total. The standard InChI is InChI=1S/C34H62FN2O10PS/c1-3-5-7-9-11-13-14-16-18-20-22-49-26-27(44-21-19-17-15-12-10-8-6-4-2)24-45-48(42,43)46-25-29-30(38)31(39)33(47-29)37-23-28(35)32(40)36-34(37)41/h23,27,29-31,33,38-39H,3-22,24-26H2,1-2H3,(H,42,43)(H,36,40,41)/t27-,29-,30+,31?,33-/m1/s1. The lowest BCUT2D eigenvalue weighted by molar-refractivity contribution is -0.0568. The Morgan fingerprint density at radius 1 is 0.878 bits per heavy atom. The number of aromatic nitrogens is 2. The van der Waals surface area contributed by atoms with Gasteiger partial charge in [-0.2, -0.15) is 16.2 Å². The van der Waals surface area contributed by atoms with Gasteiger partial charge in [-0.15, -0.1) is 0 Å². The summed E-state index contributed by atoms with van der Waals surface area (Å²) in [6, 6.07) is 0. The fraction of sp³-hybridized carbons (Fsp3) is 0.882. The molecule has 2 unspecified atom stereocenters. The first-order chi connectivity index (χ1) is 23.6. The van der Waals surface area contributed by atoms with Crippen molar-refractivity contribution >= 4 is 19.6 Å². The highest BCUT2D eigenvalue weighted by Gasteiger charge is 2.45. The summed E-state index contributed by atoms with van der Waals surface area (Å²) in [7, 11) is -4.63. The monoisotopic (exact) mass is 740 g/mol. The van der Waals surface area contributed by atoms with E-state index in [1.54, 1.807) is 16.7 Å². The van der Waals surface area contributed by atoms with Crippen molar-refractivity contribution in [1.29, 1.82) is 0 Å². The average Bonchev–Trinajstić information content (AvgIpc) is 3.35. The quantitative estimate of drug-likeness (QED) is 0.0495. The molecule has 0 amide bonds. The number of rotatable bonds is 30. The molecule has 1 aromatic rings. The summed E-state index contributed by atoms with van der Waals surface area (Å²) in [6.45, 7) is 4.11. The fourth-order valence-electron chi connectivity index (χ4n) is 5.67. The van der Waals surface area contributed by atoms with Gasteiger partial charge in [-0.05, 0) is 18.6 Å². The number of halogens is 1. The smallest absolute Gasteiger partial charge is 0.387 e. The third-order valence-corrected chi connectivity index (χ3v) is 10.8. The van der Waals surface area contributed by atoms with E-state index < -0.39 is 62.1 Å². The molecule has 12 nitrogen and oxygen atoms in total. The molecule has 0 bridgehead atoms. The highest BCUT2D eigenvalue weighted by molar-refractivity contribution is 7.99. The zero-order chi connectivity index (χ0) is 35.9. The molecule has 0 radical (unpaired) electrons. The SMILES string of the molecule is CCCCCCCCCCCCSC[C@@H](COP(=O)(O)OC[C@H]1O[C@@H](n2cc(F)c(=O)[nH]c2=O)C(O)[C@H]1O)OCCCCCCCCCC. The number of ether oxygens (including phenoxy) is 2. The number of thioether (sulfide) groups is 1. The van der Waals surface area contributed by atoms with E-state index in [1.165, 1.54) is 89.9 Å². The molecule has 2 rings (SSSR count). The van der Waals surface area contributed by atoms with Gasteiger partial charge in [0.25, 0.3) is 5.56 Å². The van der Waals surface area contributed by atoms with Gasteiger partial charge in [0.15, 0.2) is 6.23 Å². The Bertz CT molecular complexity index is 1170. The minimum atomic E-state index is -4.63. The summed E-state index contributed by atoms with van der Waals surface area (Å²) in [5, 5.41) is 20.8. The van der Waals surface area contributed by atoms with Crippen LogP contribution >= 0.6 is 19.6 Å². The van der Waals surface area contributed by atoms with Crippen LogP contribution in [0.25, 0.3) is 0 Å². The van der Waals surface area contributed by atoms with Crippen LogP contribution in [0.5, 0.6) is 0 Å². The fourth-order valence-corrected chi connectivity index (χ4v) is 7.46. The van der Waals surface area contributed by atoms with Crippen molar-refractivity contribution in [3.05, 3.63) is 32.9 Å². The van der Waals surface area contributed by atoms with Crippen molar-refractivity contribution in [2.75, 3.05) is 31.3 Å². The van der Waals surface area contributed by atoms with Gasteiger partial charge < -0.3 is 24.6 Å². The lowest BCUT2D eigenvalue weighted by atomic mass is 10.1. The van der Waals surface area contributed by atoms with Crippen molar-refractivity contribution in [2.45, 2.75) is 160 Å². The van der Waals surface area contributed by atoms with E-state index in [9.17, 15) is 33.7 Å². The maximum Gasteiger partial charge on any atom is 0.472 e. The molecule has 0 spiro atoms. The van der Waals surface area contributed by atoms with Crippen LogP contribution in [0.3, 0.4) is 0 Å². The molecular weight excluding hydrogens is 678 g/mol. The van der Waals surface area contributed by atoms with Crippen LogP contribution in [0.4, 0.5) is 4.39 Å². The number of hydrogen-bond acceptors (Lipinski definition) is 10. The van der Waals surface area contributed by atoms with Crippen LogP contribution in [0.2, 0.25) is 0 Å². The minimum Gasteiger partial charge on any atom is -0.387 e. The second-order valence-corrected chi connectivity index (χ2v) is 15.6. The van der Waals surface area contributed by atoms with E-state index in [2.05, 4.69) is 13.8 Å². The van der Waals surface area contributed by atoms with Gasteiger partial charge in [-0.25, -0.2) is 9.36 Å². The zero-order valence-electron chi connectivity index (χ0n) is 29.6. The molecule has 6 atom stereocenters. The van der Waals surface area contributed by atoms with Crippen LogP contribution in [-0.2, 0) is 23.1 Å². The molecule has 15 heteroatoms. The molecule has 1 aliphatic heterocycles. The molecular formula is C34H62FN2O10PS. The second-order valence-electron chi connectivity index (χ2n) is 13.0. The van der Waals surface area contributed by atoms with E-state index in [1.807, 2.05) is 0 Å². The topological polar surface area (TPSA) is 170 Å². The predicted molar refractivity (Wildman–Crippen MR) is 190 cm³/mol. The third-order valence-electron chi connectivity index (χ3n) is 8.66. The highest BCUT2D eigenvalue weighted by atomic mass is 32.2. The first kappa shape index (κ1) is 44.1. The Hall–Kier alpha value is -1.09. The summed E-state index contributed by atoms with van der Waals surface area (Å²) in [6.07, 6.45) is 15.9. The van der Waals surface area contributed by atoms with Crippen LogP contribution < -0.4 is 11.2 Å². The summed E-state index contributed by atoms with van der Waals surface area (Å²) in [5.41, 5.74) is -2.31. The molecule has 1 fully saturated rings.